The minimum absolute atomic E-state index is 0.344. The molecular weight excluding hydrogens is 256 g/mol. The molecule has 1 aliphatic heterocycles. The quantitative estimate of drug-likeness (QED) is 0.773. The normalized spacial score (nSPS) is 23.9. The number of rotatable bonds is 6. The summed E-state index contributed by atoms with van der Waals surface area (Å²) in [6.45, 7) is 21.6. The third-order valence-electron chi connectivity index (χ3n) is 5.55. The van der Waals surface area contributed by atoms with E-state index >= 15 is 0 Å². The Bertz CT molecular complexity index is 290. The molecule has 2 nitrogen and oxygen atoms in total. The van der Waals surface area contributed by atoms with Crippen LogP contribution >= 0.6 is 0 Å². The molecule has 0 aromatic rings. The molecule has 0 spiro atoms. The summed E-state index contributed by atoms with van der Waals surface area (Å²) in [5.41, 5.74) is 0.818. The third-order valence-corrected chi connectivity index (χ3v) is 5.55. The molecule has 0 aromatic heterocycles. The third kappa shape index (κ3) is 6.28. The Kier molecular flexibility index (Phi) is 7.19. The van der Waals surface area contributed by atoms with Crippen LogP contribution in [0.15, 0.2) is 0 Å². The molecule has 0 radical (unpaired) electrons. The van der Waals surface area contributed by atoms with Crippen molar-refractivity contribution in [3.8, 4) is 0 Å². The van der Waals surface area contributed by atoms with Crippen molar-refractivity contribution in [3.63, 3.8) is 0 Å². The lowest BCUT2D eigenvalue weighted by Gasteiger charge is -2.37. The van der Waals surface area contributed by atoms with E-state index in [1.54, 1.807) is 0 Å². The number of hydrogen-bond donors (Lipinski definition) is 1. The van der Waals surface area contributed by atoms with Crippen molar-refractivity contribution in [2.75, 3.05) is 26.2 Å². The van der Waals surface area contributed by atoms with Gasteiger partial charge in [-0.2, -0.15) is 0 Å². The van der Waals surface area contributed by atoms with Gasteiger partial charge in [0, 0.05) is 12.6 Å². The van der Waals surface area contributed by atoms with Crippen molar-refractivity contribution in [2.24, 2.45) is 16.7 Å². The van der Waals surface area contributed by atoms with Gasteiger partial charge in [-0.3, -0.25) is 0 Å². The second kappa shape index (κ2) is 7.97. The van der Waals surface area contributed by atoms with Crippen LogP contribution in [0, 0.1) is 16.7 Å². The second-order valence-electron chi connectivity index (χ2n) is 8.93. The fourth-order valence-electron chi connectivity index (χ4n) is 3.53. The molecule has 1 N–H and O–H groups in total. The molecule has 0 aliphatic carbocycles. The van der Waals surface area contributed by atoms with E-state index in [0.29, 0.717) is 16.9 Å². The summed E-state index contributed by atoms with van der Waals surface area (Å²) in [6.07, 6.45) is 5.37. The molecule has 2 unspecified atom stereocenters. The van der Waals surface area contributed by atoms with Gasteiger partial charge in [-0.05, 0) is 69.0 Å². The van der Waals surface area contributed by atoms with Gasteiger partial charge in [0.2, 0.25) is 0 Å². The lowest BCUT2D eigenvalue weighted by molar-refractivity contribution is 0.140. The lowest BCUT2D eigenvalue weighted by Crippen LogP contribution is -2.47. The Morgan fingerprint density at radius 2 is 1.76 bits per heavy atom. The molecule has 1 rings (SSSR count). The van der Waals surface area contributed by atoms with E-state index < -0.39 is 0 Å². The van der Waals surface area contributed by atoms with Crippen LogP contribution in [0.1, 0.15) is 74.1 Å². The minimum atomic E-state index is 0.344. The van der Waals surface area contributed by atoms with Gasteiger partial charge in [0.05, 0.1) is 0 Å². The molecule has 126 valence electrons. The molecule has 0 aromatic carbocycles. The Hall–Kier alpha value is -0.0800. The number of nitrogens with zero attached hydrogens (tertiary/aromatic N) is 1. The Morgan fingerprint density at radius 3 is 2.33 bits per heavy atom. The largest absolute Gasteiger partial charge is 0.314 e. The summed E-state index contributed by atoms with van der Waals surface area (Å²) in [7, 11) is 0. The first-order valence-corrected chi connectivity index (χ1v) is 9.12. The van der Waals surface area contributed by atoms with E-state index in [1.165, 1.54) is 45.3 Å². The van der Waals surface area contributed by atoms with Crippen molar-refractivity contribution in [1.29, 1.82) is 0 Å². The van der Waals surface area contributed by atoms with E-state index in [0.717, 1.165) is 12.5 Å². The first kappa shape index (κ1) is 19.0. The van der Waals surface area contributed by atoms with Crippen molar-refractivity contribution in [2.45, 2.75) is 80.2 Å². The molecule has 0 bridgehead atoms. The van der Waals surface area contributed by atoms with E-state index in [1.807, 2.05) is 0 Å². The lowest BCUT2D eigenvalue weighted by atomic mass is 9.77. The average molecular weight is 297 g/mol. The van der Waals surface area contributed by atoms with Gasteiger partial charge in [-0.25, -0.2) is 0 Å². The molecule has 1 heterocycles. The maximum atomic E-state index is 3.68. The standard InChI is InChI=1S/C19H40N2/c1-8-12-20-16(2)19(6,7)15-21-13-9-10-17(11-14-21)18(3,4)5/h16-17,20H,8-15H2,1-7H3. The minimum Gasteiger partial charge on any atom is -0.314 e. The van der Waals surface area contributed by atoms with E-state index in [-0.39, 0.29) is 0 Å². The molecule has 2 heteroatoms. The van der Waals surface area contributed by atoms with Crippen LogP contribution in [0.4, 0.5) is 0 Å². The Balaban J connectivity index is 2.51. The molecule has 1 aliphatic rings. The van der Waals surface area contributed by atoms with Gasteiger partial charge in [0.25, 0.3) is 0 Å². The van der Waals surface area contributed by atoms with Gasteiger partial charge in [-0.1, -0.05) is 41.5 Å². The fourth-order valence-corrected chi connectivity index (χ4v) is 3.53. The zero-order valence-corrected chi connectivity index (χ0v) is 15.8. The van der Waals surface area contributed by atoms with Gasteiger partial charge in [0.15, 0.2) is 0 Å². The van der Waals surface area contributed by atoms with Crippen molar-refractivity contribution in [1.82, 2.24) is 10.2 Å². The monoisotopic (exact) mass is 296 g/mol. The highest BCUT2D eigenvalue weighted by molar-refractivity contribution is 4.86. The highest BCUT2D eigenvalue weighted by Crippen LogP contribution is 2.35. The summed E-state index contributed by atoms with van der Waals surface area (Å²) < 4.78 is 0. The number of likely N-dealkylation sites (tertiary alicyclic amines) is 1. The van der Waals surface area contributed by atoms with E-state index in [4.69, 9.17) is 0 Å². The smallest absolute Gasteiger partial charge is 0.0102 e. The van der Waals surface area contributed by atoms with E-state index in [2.05, 4.69) is 58.7 Å². The van der Waals surface area contributed by atoms with Crippen LogP contribution in [0.5, 0.6) is 0 Å². The van der Waals surface area contributed by atoms with Crippen LogP contribution in [0.25, 0.3) is 0 Å². The zero-order chi connectivity index (χ0) is 16.1. The number of hydrogen-bond acceptors (Lipinski definition) is 2. The molecule has 0 amide bonds. The summed E-state index contributed by atoms with van der Waals surface area (Å²) in [6, 6.07) is 0.583. The number of nitrogens with one attached hydrogen (secondary N) is 1. The van der Waals surface area contributed by atoms with Gasteiger partial charge < -0.3 is 10.2 Å². The zero-order valence-electron chi connectivity index (χ0n) is 15.8. The van der Waals surface area contributed by atoms with Crippen LogP contribution in [-0.2, 0) is 0 Å². The molecule has 21 heavy (non-hydrogen) atoms. The molecule has 1 saturated heterocycles. The molecule has 0 saturated carbocycles. The van der Waals surface area contributed by atoms with Crippen molar-refractivity contribution >= 4 is 0 Å². The topological polar surface area (TPSA) is 15.3 Å². The SMILES string of the molecule is CCCNC(C)C(C)(C)CN1CCCC(C(C)(C)C)CC1. The van der Waals surface area contributed by atoms with Crippen molar-refractivity contribution in [3.05, 3.63) is 0 Å². The second-order valence-corrected chi connectivity index (χ2v) is 8.93. The molecular formula is C19H40N2. The van der Waals surface area contributed by atoms with Crippen LogP contribution < -0.4 is 5.32 Å². The predicted molar refractivity (Wildman–Crippen MR) is 94.8 cm³/mol. The summed E-state index contributed by atoms with van der Waals surface area (Å²) in [5.74, 6) is 0.890. The highest BCUT2D eigenvalue weighted by Gasteiger charge is 2.31. The van der Waals surface area contributed by atoms with Crippen LogP contribution in [0.3, 0.4) is 0 Å². The van der Waals surface area contributed by atoms with Gasteiger partial charge >= 0.3 is 0 Å². The van der Waals surface area contributed by atoms with Gasteiger partial charge in [-0.15, -0.1) is 0 Å². The van der Waals surface area contributed by atoms with Gasteiger partial charge in [0.1, 0.15) is 0 Å². The predicted octanol–water partition coefficient (Wildman–Crippen LogP) is 4.55. The molecule has 1 fully saturated rings. The van der Waals surface area contributed by atoms with Crippen molar-refractivity contribution < 1.29 is 0 Å². The summed E-state index contributed by atoms with van der Waals surface area (Å²) in [4.78, 5) is 2.72. The summed E-state index contributed by atoms with van der Waals surface area (Å²) in [5, 5.41) is 3.68. The first-order valence-electron chi connectivity index (χ1n) is 9.12. The summed E-state index contributed by atoms with van der Waals surface area (Å²) >= 11 is 0. The van der Waals surface area contributed by atoms with Crippen LogP contribution in [-0.4, -0.2) is 37.1 Å². The van der Waals surface area contributed by atoms with E-state index in [9.17, 15) is 0 Å². The fraction of sp³-hybridized carbons (Fsp3) is 1.00. The van der Waals surface area contributed by atoms with Crippen LogP contribution in [0.2, 0.25) is 0 Å². The highest BCUT2D eigenvalue weighted by atomic mass is 15.1. The Labute approximate surface area is 134 Å². The maximum absolute atomic E-state index is 3.68. The first-order chi connectivity index (χ1) is 9.66. The Morgan fingerprint density at radius 1 is 1.10 bits per heavy atom. The average Bonchev–Trinajstić information content (AvgIpc) is 2.60. The maximum Gasteiger partial charge on any atom is 0.0102 e. The molecule has 2 atom stereocenters.